The highest BCUT2D eigenvalue weighted by atomic mass is 32.2. The van der Waals surface area contributed by atoms with E-state index in [4.69, 9.17) is 0 Å². The molecule has 1 aromatic carbocycles. The molecule has 0 radical (unpaired) electrons. The van der Waals surface area contributed by atoms with Gasteiger partial charge >= 0.3 is 0 Å². The van der Waals surface area contributed by atoms with Crippen molar-refractivity contribution >= 4 is 10.0 Å². The molecule has 0 bridgehead atoms. The Morgan fingerprint density at radius 3 is 2.42 bits per heavy atom. The molecule has 1 aliphatic rings. The molecule has 1 heterocycles. The molecular formula is C13H19FN2O2S. The van der Waals surface area contributed by atoms with E-state index >= 15 is 0 Å². The zero-order chi connectivity index (χ0) is 14.0. The highest BCUT2D eigenvalue weighted by Gasteiger charge is 2.28. The SMILES string of the molecule is Cc1cc(F)cc(C)c1S(=O)(=O)N1CCCNCC1. The van der Waals surface area contributed by atoms with E-state index in [-0.39, 0.29) is 4.90 Å². The Morgan fingerprint density at radius 1 is 1.16 bits per heavy atom. The van der Waals surface area contributed by atoms with Gasteiger partial charge in [-0.2, -0.15) is 4.31 Å². The number of hydrogen-bond donors (Lipinski definition) is 1. The summed E-state index contributed by atoms with van der Waals surface area (Å²) in [4.78, 5) is 0.246. The standard InChI is InChI=1S/C13H19FN2O2S/c1-10-8-12(14)9-11(2)13(10)19(17,18)16-6-3-4-15-5-7-16/h8-9,15H,3-7H2,1-2H3. The van der Waals surface area contributed by atoms with Crippen molar-refractivity contribution in [2.24, 2.45) is 0 Å². The second-order valence-electron chi connectivity index (χ2n) is 4.88. The maximum Gasteiger partial charge on any atom is 0.243 e. The molecule has 1 saturated heterocycles. The molecule has 6 heteroatoms. The molecule has 0 aliphatic carbocycles. The Labute approximate surface area is 113 Å². The molecule has 2 rings (SSSR count). The monoisotopic (exact) mass is 286 g/mol. The van der Waals surface area contributed by atoms with E-state index in [9.17, 15) is 12.8 Å². The largest absolute Gasteiger partial charge is 0.315 e. The van der Waals surface area contributed by atoms with Gasteiger partial charge in [0, 0.05) is 19.6 Å². The molecule has 0 saturated carbocycles. The molecule has 0 aromatic heterocycles. The van der Waals surface area contributed by atoms with Crippen molar-refractivity contribution in [2.45, 2.75) is 25.2 Å². The topological polar surface area (TPSA) is 49.4 Å². The normalized spacial score (nSPS) is 18.3. The molecule has 106 valence electrons. The first-order valence-electron chi connectivity index (χ1n) is 6.40. The van der Waals surface area contributed by atoms with Crippen LogP contribution in [0.15, 0.2) is 17.0 Å². The van der Waals surface area contributed by atoms with Crippen molar-refractivity contribution < 1.29 is 12.8 Å². The number of nitrogens with zero attached hydrogens (tertiary/aromatic N) is 1. The average Bonchev–Trinajstić information content (AvgIpc) is 2.55. The van der Waals surface area contributed by atoms with E-state index in [0.29, 0.717) is 30.8 Å². The van der Waals surface area contributed by atoms with Gasteiger partial charge in [-0.15, -0.1) is 0 Å². The quantitative estimate of drug-likeness (QED) is 0.894. The second-order valence-corrected chi connectivity index (χ2v) is 6.75. The van der Waals surface area contributed by atoms with Crippen LogP contribution >= 0.6 is 0 Å². The van der Waals surface area contributed by atoms with Gasteiger partial charge < -0.3 is 5.32 Å². The molecular weight excluding hydrogens is 267 g/mol. The molecule has 1 aliphatic heterocycles. The number of benzene rings is 1. The van der Waals surface area contributed by atoms with Gasteiger partial charge in [0.25, 0.3) is 0 Å². The highest BCUT2D eigenvalue weighted by Crippen LogP contribution is 2.25. The predicted octanol–water partition coefficient (Wildman–Crippen LogP) is 1.43. The third-order valence-corrected chi connectivity index (χ3v) is 5.53. The van der Waals surface area contributed by atoms with Crippen molar-refractivity contribution in [3.63, 3.8) is 0 Å². The number of rotatable bonds is 2. The van der Waals surface area contributed by atoms with Gasteiger partial charge in [-0.25, -0.2) is 12.8 Å². The molecule has 1 N–H and O–H groups in total. The van der Waals surface area contributed by atoms with E-state index in [2.05, 4.69) is 5.32 Å². The summed E-state index contributed by atoms with van der Waals surface area (Å²) in [6.45, 7) is 5.72. The van der Waals surface area contributed by atoms with Crippen LogP contribution in [0.4, 0.5) is 4.39 Å². The summed E-state index contributed by atoms with van der Waals surface area (Å²) in [5.41, 5.74) is 0.935. The maximum atomic E-state index is 13.3. The maximum absolute atomic E-state index is 13.3. The van der Waals surface area contributed by atoms with Crippen LogP contribution in [0, 0.1) is 19.7 Å². The van der Waals surface area contributed by atoms with Gasteiger partial charge in [-0.05, 0) is 50.1 Å². The first kappa shape index (κ1) is 14.4. The van der Waals surface area contributed by atoms with E-state index in [1.54, 1.807) is 13.8 Å². The Bertz CT molecular complexity index is 541. The molecule has 0 amide bonds. The number of sulfonamides is 1. The molecule has 1 aromatic rings. The van der Waals surface area contributed by atoms with Crippen LogP contribution in [-0.2, 0) is 10.0 Å². The smallest absolute Gasteiger partial charge is 0.243 e. The van der Waals surface area contributed by atoms with E-state index < -0.39 is 15.8 Å². The third kappa shape index (κ3) is 2.96. The summed E-state index contributed by atoms with van der Waals surface area (Å²) in [6, 6.07) is 2.55. The van der Waals surface area contributed by atoms with Gasteiger partial charge in [0.05, 0.1) is 4.90 Å². The summed E-state index contributed by atoms with van der Waals surface area (Å²) in [5, 5.41) is 3.17. The van der Waals surface area contributed by atoms with Crippen LogP contribution in [-0.4, -0.2) is 38.9 Å². The van der Waals surface area contributed by atoms with Crippen molar-refractivity contribution in [3.8, 4) is 0 Å². The minimum atomic E-state index is -3.54. The van der Waals surface area contributed by atoms with Crippen molar-refractivity contribution in [1.82, 2.24) is 9.62 Å². The van der Waals surface area contributed by atoms with Crippen LogP contribution in [0.5, 0.6) is 0 Å². The van der Waals surface area contributed by atoms with Crippen LogP contribution in [0.25, 0.3) is 0 Å². The Kier molecular flexibility index (Phi) is 4.23. The summed E-state index contributed by atoms with van der Waals surface area (Å²) in [6.07, 6.45) is 0.790. The van der Waals surface area contributed by atoms with Crippen molar-refractivity contribution in [3.05, 3.63) is 29.1 Å². The number of halogens is 1. The minimum absolute atomic E-state index is 0.246. The number of nitrogens with one attached hydrogen (secondary N) is 1. The Hall–Kier alpha value is -0.980. The van der Waals surface area contributed by atoms with Gasteiger partial charge in [-0.1, -0.05) is 0 Å². The number of aryl methyl sites for hydroxylation is 2. The van der Waals surface area contributed by atoms with E-state index in [1.807, 2.05) is 0 Å². The lowest BCUT2D eigenvalue weighted by molar-refractivity contribution is 0.431. The summed E-state index contributed by atoms with van der Waals surface area (Å²) in [7, 11) is -3.54. The lowest BCUT2D eigenvalue weighted by Crippen LogP contribution is -2.35. The first-order valence-corrected chi connectivity index (χ1v) is 7.84. The lowest BCUT2D eigenvalue weighted by Gasteiger charge is -2.22. The van der Waals surface area contributed by atoms with Crippen LogP contribution in [0.1, 0.15) is 17.5 Å². The van der Waals surface area contributed by atoms with Gasteiger partial charge in [0.15, 0.2) is 0 Å². The van der Waals surface area contributed by atoms with Crippen LogP contribution in [0.3, 0.4) is 0 Å². The minimum Gasteiger partial charge on any atom is -0.315 e. The molecule has 4 nitrogen and oxygen atoms in total. The van der Waals surface area contributed by atoms with E-state index in [0.717, 1.165) is 13.0 Å². The summed E-state index contributed by atoms with van der Waals surface area (Å²) in [5.74, 6) is -0.397. The molecule has 0 spiro atoms. The Balaban J connectivity index is 2.44. The molecule has 0 atom stereocenters. The highest BCUT2D eigenvalue weighted by molar-refractivity contribution is 7.89. The zero-order valence-electron chi connectivity index (χ0n) is 11.2. The molecule has 0 unspecified atom stereocenters. The van der Waals surface area contributed by atoms with Gasteiger partial charge in [0.2, 0.25) is 10.0 Å². The Morgan fingerprint density at radius 2 is 1.79 bits per heavy atom. The van der Waals surface area contributed by atoms with E-state index in [1.165, 1.54) is 16.4 Å². The summed E-state index contributed by atoms with van der Waals surface area (Å²) >= 11 is 0. The average molecular weight is 286 g/mol. The third-order valence-electron chi connectivity index (χ3n) is 3.32. The zero-order valence-corrected chi connectivity index (χ0v) is 12.1. The van der Waals surface area contributed by atoms with Crippen LogP contribution in [0.2, 0.25) is 0 Å². The fraction of sp³-hybridized carbons (Fsp3) is 0.538. The van der Waals surface area contributed by atoms with Gasteiger partial charge in [-0.3, -0.25) is 0 Å². The molecule has 19 heavy (non-hydrogen) atoms. The predicted molar refractivity (Wildman–Crippen MR) is 72.1 cm³/mol. The fourth-order valence-corrected chi connectivity index (χ4v) is 4.39. The molecule has 1 fully saturated rings. The number of hydrogen-bond acceptors (Lipinski definition) is 3. The van der Waals surface area contributed by atoms with Gasteiger partial charge in [0.1, 0.15) is 5.82 Å². The van der Waals surface area contributed by atoms with Crippen molar-refractivity contribution in [1.29, 1.82) is 0 Å². The summed E-state index contributed by atoms with van der Waals surface area (Å²) < 4.78 is 40.1. The lowest BCUT2D eigenvalue weighted by atomic mass is 10.1. The fourth-order valence-electron chi connectivity index (χ4n) is 2.49. The first-order chi connectivity index (χ1) is 8.93. The van der Waals surface area contributed by atoms with Crippen LogP contribution < -0.4 is 5.32 Å². The van der Waals surface area contributed by atoms with Crippen molar-refractivity contribution in [2.75, 3.05) is 26.2 Å². The second kappa shape index (κ2) is 5.56.